The van der Waals surface area contributed by atoms with Gasteiger partial charge in [-0.05, 0) is 25.0 Å². The van der Waals surface area contributed by atoms with E-state index in [4.69, 9.17) is 14.3 Å². The summed E-state index contributed by atoms with van der Waals surface area (Å²) in [4.78, 5) is 15.4. The van der Waals surface area contributed by atoms with E-state index in [0.717, 1.165) is 5.75 Å². The summed E-state index contributed by atoms with van der Waals surface area (Å²) in [6.07, 6.45) is 2.66. The summed E-state index contributed by atoms with van der Waals surface area (Å²) in [7, 11) is 0. The maximum absolute atomic E-state index is 11.2. The molecule has 3 rings (SSSR count). The van der Waals surface area contributed by atoms with Gasteiger partial charge in [0.1, 0.15) is 17.4 Å². The van der Waals surface area contributed by atoms with Gasteiger partial charge in [0.15, 0.2) is 6.61 Å². The van der Waals surface area contributed by atoms with Gasteiger partial charge in [-0.15, -0.1) is 0 Å². The summed E-state index contributed by atoms with van der Waals surface area (Å²) in [5, 5.41) is 9.16. The number of hydrogen-bond donors (Lipinski definition) is 1. The molecule has 1 aromatic heterocycles. The van der Waals surface area contributed by atoms with Crippen molar-refractivity contribution in [1.82, 2.24) is 4.98 Å². The number of carboxylic acid groups (broad SMARTS) is 1. The Morgan fingerprint density at radius 3 is 2.74 bits per heavy atom. The Morgan fingerprint density at radius 2 is 2.11 bits per heavy atom. The highest BCUT2D eigenvalue weighted by atomic mass is 16.5. The molecule has 1 aromatic carbocycles. The first-order valence-electron chi connectivity index (χ1n) is 6.07. The minimum atomic E-state index is -0.837. The van der Waals surface area contributed by atoms with Gasteiger partial charge in [0.2, 0.25) is 5.89 Å². The van der Waals surface area contributed by atoms with Crippen LogP contribution in [0.25, 0.3) is 0 Å². The monoisotopic (exact) mass is 259 g/mol. The van der Waals surface area contributed by atoms with Crippen LogP contribution >= 0.6 is 0 Å². The van der Waals surface area contributed by atoms with Gasteiger partial charge in [-0.25, -0.2) is 4.98 Å². The number of para-hydroxylation sites is 1. The lowest BCUT2D eigenvalue weighted by atomic mass is 10.0. The number of aromatic nitrogens is 1. The van der Waals surface area contributed by atoms with Gasteiger partial charge in [-0.2, -0.15) is 0 Å². The number of hydrogen-bond acceptors (Lipinski definition) is 4. The summed E-state index contributed by atoms with van der Waals surface area (Å²) in [6.45, 7) is 0.194. The van der Waals surface area contributed by atoms with Gasteiger partial charge in [0, 0.05) is 0 Å². The number of aliphatic carboxylic acids is 1. The maximum Gasteiger partial charge on any atom is 0.315 e. The van der Waals surface area contributed by atoms with E-state index < -0.39 is 11.4 Å². The molecule has 0 bridgehead atoms. The van der Waals surface area contributed by atoms with Crippen LogP contribution < -0.4 is 4.74 Å². The summed E-state index contributed by atoms with van der Waals surface area (Å²) in [5.41, 5.74) is -0.333. The SMILES string of the molecule is O=C(O)C1(c2coc(COc3ccccc3)n2)CC1. The molecule has 0 atom stereocenters. The molecule has 0 unspecified atom stereocenters. The molecule has 1 aliphatic rings. The predicted octanol–water partition coefficient (Wildman–Crippen LogP) is 2.37. The maximum atomic E-state index is 11.2. The molecule has 5 heteroatoms. The van der Waals surface area contributed by atoms with E-state index in [0.29, 0.717) is 24.4 Å². The number of rotatable bonds is 5. The van der Waals surface area contributed by atoms with E-state index in [9.17, 15) is 4.79 Å². The molecule has 0 spiro atoms. The lowest BCUT2D eigenvalue weighted by Crippen LogP contribution is -2.19. The Morgan fingerprint density at radius 1 is 1.37 bits per heavy atom. The third kappa shape index (κ3) is 2.19. The van der Waals surface area contributed by atoms with Crippen molar-refractivity contribution in [2.24, 2.45) is 0 Å². The van der Waals surface area contributed by atoms with E-state index in [1.54, 1.807) is 0 Å². The zero-order valence-electron chi connectivity index (χ0n) is 10.2. The quantitative estimate of drug-likeness (QED) is 0.892. The van der Waals surface area contributed by atoms with Crippen LogP contribution in [0.2, 0.25) is 0 Å². The number of carbonyl (C=O) groups is 1. The van der Waals surface area contributed by atoms with Crippen molar-refractivity contribution in [3.05, 3.63) is 48.2 Å². The van der Waals surface area contributed by atoms with Crippen LogP contribution in [0.5, 0.6) is 5.75 Å². The van der Waals surface area contributed by atoms with Crippen molar-refractivity contribution < 1.29 is 19.1 Å². The van der Waals surface area contributed by atoms with E-state index in [1.165, 1.54) is 6.26 Å². The van der Waals surface area contributed by atoms with Crippen molar-refractivity contribution in [2.75, 3.05) is 0 Å². The molecule has 0 radical (unpaired) electrons. The van der Waals surface area contributed by atoms with E-state index in [2.05, 4.69) is 4.98 Å². The lowest BCUT2D eigenvalue weighted by Gasteiger charge is -2.04. The van der Waals surface area contributed by atoms with Crippen molar-refractivity contribution in [3.63, 3.8) is 0 Å². The smallest absolute Gasteiger partial charge is 0.315 e. The lowest BCUT2D eigenvalue weighted by molar-refractivity contribution is -0.140. The fourth-order valence-corrected chi connectivity index (χ4v) is 1.96. The second-order valence-electron chi connectivity index (χ2n) is 4.62. The second kappa shape index (κ2) is 4.42. The molecule has 1 heterocycles. The van der Waals surface area contributed by atoms with Crippen molar-refractivity contribution >= 4 is 5.97 Å². The van der Waals surface area contributed by atoms with Gasteiger partial charge in [-0.3, -0.25) is 4.79 Å². The molecule has 19 heavy (non-hydrogen) atoms. The van der Waals surface area contributed by atoms with Crippen LogP contribution in [0.15, 0.2) is 41.0 Å². The largest absolute Gasteiger partial charge is 0.484 e. The minimum Gasteiger partial charge on any atom is -0.484 e. The molecular formula is C14H13NO4. The van der Waals surface area contributed by atoms with Gasteiger partial charge in [-0.1, -0.05) is 18.2 Å². The molecule has 98 valence electrons. The van der Waals surface area contributed by atoms with E-state index >= 15 is 0 Å². The van der Waals surface area contributed by atoms with E-state index in [1.807, 2.05) is 30.3 Å². The fraction of sp³-hybridized carbons (Fsp3) is 0.286. The Balaban J connectivity index is 1.68. The molecule has 1 N–H and O–H groups in total. The Kier molecular flexibility index (Phi) is 2.74. The highest BCUT2D eigenvalue weighted by molar-refractivity contribution is 5.84. The summed E-state index contributed by atoms with van der Waals surface area (Å²) < 4.78 is 10.8. The molecule has 1 saturated carbocycles. The molecular weight excluding hydrogens is 246 g/mol. The van der Waals surface area contributed by atoms with E-state index in [-0.39, 0.29) is 6.61 Å². The van der Waals surface area contributed by atoms with Gasteiger partial charge in [0.05, 0.1) is 5.69 Å². The van der Waals surface area contributed by atoms with Crippen molar-refractivity contribution in [1.29, 1.82) is 0 Å². The summed E-state index contributed by atoms with van der Waals surface area (Å²) >= 11 is 0. The zero-order chi connectivity index (χ0) is 13.3. The zero-order valence-corrected chi connectivity index (χ0v) is 10.2. The third-order valence-electron chi connectivity index (χ3n) is 3.31. The number of carboxylic acids is 1. The normalized spacial score (nSPS) is 16.0. The minimum absolute atomic E-state index is 0.194. The van der Waals surface area contributed by atoms with Crippen LogP contribution in [0.3, 0.4) is 0 Å². The predicted molar refractivity (Wildman–Crippen MR) is 65.8 cm³/mol. The average molecular weight is 259 g/mol. The van der Waals surface area contributed by atoms with Gasteiger partial charge >= 0.3 is 5.97 Å². The first-order valence-corrected chi connectivity index (χ1v) is 6.07. The van der Waals surface area contributed by atoms with Crippen LogP contribution in [0, 0.1) is 0 Å². The summed E-state index contributed by atoms with van der Waals surface area (Å²) in [5.74, 6) is 0.282. The third-order valence-corrected chi connectivity index (χ3v) is 3.31. The fourth-order valence-electron chi connectivity index (χ4n) is 1.96. The van der Waals surface area contributed by atoms with Crippen molar-refractivity contribution in [2.45, 2.75) is 24.9 Å². The van der Waals surface area contributed by atoms with Gasteiger partial charge in [0.25, 0.3) is 0 Å². The Hall–Kier alpha value is -2.30. The first kappa shape index (κ1) is 11.8. The molecule has 5 nitrogen and oxygen atoms in total. The molecule has 1 fully saturated rings. The molecule has 2 aromatic rings. The Bertz CT molecular complexity index is 587. The number of ether oxygens (including phenoxy) is 1. The average Bonchev–Trinajstić information content (AvgIpc) is 3.11. The Labute approximate surface area is 109 Å². The van der Waals surface area contributed by atoms with Crippen molar-refractivity contribution in [3.8, 4) is 5.75 Å². The van der Waals surface area contributed by atoms with Crippen LogP contribution in [0.4, 0.5) is 0 Å². The first-order chi connectivity index (χ1) is 9.21. The number of benzene rings is 1. The number of oxazole rings is 1. The summed E-state index contributed by atoms with van der Waals surface area (Å²) in [6, 6.07) is 9.33. The highest BCUT2D eigenvalue weighted by Gasteiger charge is 2.54. The highest BCUT2D eigenvalue weighted by Crippen LogP contribution is 2.47. The standard InChI is InChI=1S/C14H13NO4/c16-13(17)14(6-7-14)11-8-19-12(15-11)9-18-10-4-2-1-3-5-10/h1-5,8H,6-7,9H2,(H,16,17). The second-order valence-corrected chi connectivity index (χ2v) is 4.62. The topological polar surface area (TPSA) is 72.6 Å². The molecule has 0 amide bonds. The van der Waals surface area contributed by atoms with Crippen LogP contribution in [0.1, 0.15) is 24.4 Å². The van der Waals surface area contributed by atoms with Gasteiger partial charge < -0.3 is 14.3 Å². The van der Waals surface area contributed by atoms with Crippen LogP contribution in [-0.4, -0.2) is 16.1 Å². The van der Waals surface area contributed by atoms with Crippen LogP contribution in [-0.2, 0) is 16.8 Å². The molecule has 0 saturated heterocycles. The molecule has 1 aliphatic carbocycles. The number of nitrogens with zero attached hydrogens (tertiary/aromatic N) is 1. The molecule has 0 aliphatic heterocycles.